The fraction of sp³-hybridized carbons (Fsp3) is 0. The van der Waals surface area contributed by atoms with Crippen molar-refractivity contribution in [2.45, 2.75) is 9.79 Å². The molecule has 2 aromatic rings. The molecule has 0 spiro atoms. The Labute approximate surface area is 243 Å². The van der Waals surface area contributed by atoms with Gasteiger partial charge in [0.1, 0.15) is 9.79 Å². The maximum absolute atomic E-state index is 11.2. The zero-order valence-corrected chi connectivity index (χ0v) is 14.0. The zero-order chi connectivity index (χ0) is 19.9. The molecule has 0 unspecified atom stereocenters. The summed E-state index contributed by atoms with van der Waals surface area (Å²) in [4.78, 5) is 18.8. The van der Waals surface area contributed by atoms with E-state index in [-0.39, 0.29) is 103 Å². The second kappa shape index (κ2) is 10.6. The molecule has 0 bridgehead atoms. The second-order valence-electron chi connectivity index (χ2n) is 4.82. The number of rotatable bonds is 5. The summed E-state index contributed by atoms with van der Waals surface area (Å²) >= 11 is 0. The van der Waals surface area contributed by atoms with Crippen LogP contribution in [0.4, 0.5) is 11.4 Å². The van der Waals surface area contributed by atoms with E-state index in [0.29, 0.717) is 12.1 Å². The monoisotopic (exact) mass is 484 g/mol. The van der Waals surface area contributed by atoms with Gasteiger partial charge in [-0.15, -0.1) is 0 Å². The first-order chi connectivity index (χ1) is 11.8. The van der Waals surface area contributed by atoms with Crippen molar-refractivity contribution >= 4 is 134 Å². The van der Waals surface area contributed by atoms with E-state index in [0.717, 1.165) is 24.3 Å². The molecular formula is C12H10K2N2O10S2. The van der Waals surface area contributed by atoms with Crippen molar-refractivity contribution in [3.05, 3.63) is 56.6 Å². The van der Waals surface area contributed by atoms with Crippen LogP contribution in [0, 0.1) is 20.2 Å². The number of nitro benzene ring substituents is 2. The summed E-state index contributed by atoms with van der Waals surface area (Å²) in [7, 11) is -9.52. The topological polar surface area (TPSA) is 195 Å². The summed E-state index contributed by atoms with van der Waals surface area (Å²) in [5.41, 5.74) is -2.53. The van der Waals surface area contributed by atoms with Crippen LogP contribution in [0.25, 0.3) is 11.1 Å². The molecule has 2 aromatic carbocycles. The maximum atomic E-state index is 11.2. The van der Waals surface area contributed by atoms with Crippen LogP contribution in [-0.4, -0.2) is 139 Å². The molecule has 16 heteroatoms. The molecule has 28 heavy (non-hydrogen) atoms. The quantitative estimate of drug-likeness (QED) is 0.259. The van der Waals surface area contributed by atoms with Crippen LogP contribution >= 0.6 is 0 Å². The van der Waals surface area contributed by atoms with E-state index in [1.807, 2.05) is 0 Å². The molecular weight excluding hydrogens is 474 g/mol. The van der Waals surface area contributed by atoms with Gasteiger partial charge in [0.15, 0.2) is 0 Å². The Morgan fingerprint density at radius 1 is 0.679 bits per heavy atom. The summed E-state index contributed by atoms with van der Waals surface area (Å²) < 4.78 is 62.4. The van der Waals surface area contributed by atoms with Crippen molar-refractivity contribution in [1.82, 2.24) is 0 Å². The molecule has 0 fully saturated rings. The first-order valence-electron chi connectivity index (χ1n) is 6.34. The predicted octanol–water partition coefficient (Wildman–Crippen LogP) is 0.366. The summed E-state index contributed by atoms with van der Waals surface area (Å²) in [6.45, 7) is 0. The van der Waals surface area contributed by atoms with Crippen LogP contribution < -0.4 is 0 Å². The van der Waals surface area contributed by atoms with Gasteiger partial charge in [0, 0.05) is 12.1 Å². The molecule has 0 aliphatic carbocycles. The molecule has 0 heterocycles. The third kappa shape index (κ3) is 6.67. The second-order valence-corrected chi connectivity index (χ2v) is 7.67. The fourth-order valence-electron chi connectivity index (χ4n) is 2.10. The van der Waals surface area contributed by atoms with Gasteiger partial charge in [-0.2, -0.15) is 16.8 Å². The van der Waals surface area contributed by atoms with E-state index >= 15 is 0 Å². The van der Waals surface area contributed by atoms with E-state index in [1.54, 1.807) is 0 Å². The molecule has 2 N–H and O–H groups in total. The van der Waals surface area contributed by atoms with Crippen LogP contribution in [0.3, 0.4) is 0 Å². The van der Waals surface area contributed by atoms with E-state index in [4.69, 9.17) is 9.11 Å². The van der Waals surface area contributed by atoms with Crippen LogP contribution in [-0.2, 0) is 20.2 Å². The van der Waals surface area contributed by atoms with Crippen molar-refractivity contribution < 1.29 is 35.8 Å². The fourth-order valence-corrected chi connectivity index (χ4v) is 3.10. The summed E-state index contributed by atoms with van der Waals surface area (Å²) in [5.74, 6) is 0. The normalized spacial score (nSPS) is 11.1. The minimum absolute atomic E-state index is 0. The summed E-state index contributed by atoms with van der Waals surface area (Å²) in [6.07, 6.45) is 0. The van der Waals surface area contributed by atoms with Gasteiger partial charge in [0.2, 0.25) is 0 Å². The third-order valence-electron chi connectivity index (χ3n) is 3.22. The Balaban J connectivity index is 0.00000364. The van der Waals surface area contributed by atoms with Gasteiger partial charge in [0.05, 0.1) is 21.0 Å². The van der Waals surface area contributed by atoms with Crippen molar-refractivity contribution in [1.29, 1.82) is 0 Å². The summed E-state index contributed by atoms with van der Waals surface area (Å²) in [5, 5.41) is 22.4. The SMILES string of the molecule is O=[N+]([O-])c1cc(S(=O)(=O)O)ccc1-c1ccc(S(=O)(=O)O)cc1[N+](=O)[O-].[KH].[KH]. The molecule has 0 atom stereocenters. The average molecular weight is 485 g/mol. The van der Waals surface area contributed by atoms with Gasteiger partial charge in [-0.05, 0) is 24.3 Å². The van der Waals surface area contributed by atoms with Crippen molar-refractivity contribution in [3.8, 4) is 11.1 Å². The molecule has 0 amide bonds. The van der Waals surface area contributed by atoms with Gasteiger partial charge < -0.3 is 0 Å². The molecule has 142 valence electrons. The van der Waals surface area contributed by atoms with Crippen LogP contribution in [0.15, 0.2) is 46.2 Å². The van der Waals surface area contributed by atoms with Gasteiger partial charge in [-0.1, -0.05) is 0 Å². The van der Waals surface area contributed by atoms with E-state index in [1.165, 1.54) is 0 Å². The Kier molecular flexibility index (Phi) is 10.7. The predicted molar refractivity (Wildman–Crippen MR) is 99.1 cm³/mol. The first-order valence-corrected chi connectivity index (χ1v) is 9.22. The number of nitro groups is 2. The summed E-state index contributed by atoms with van der Waals surface area (Å²) in [6, 6.07) is 4.31. The van der Waals surface area contributed by atoms with Crippen LogP contribution in [0.2, 0.25) is 0 Å². The average Bonchev–Trinajstić information content (AvgIpc) is 2.51. The molecule has 12 nitrogen and oxygen atoms in total. The van der Waals surface area contributed by atoms with Gasteiger partial charge in [0.25, 0.3) is 31.6 Å². The number of benzene rings is 2. The van der Waals surface area contributed by atoms with Gasteiger partial charge in [-0.25, -0.2) is 0 Å². The number of hydrogen-bond acceptors (Lipinski definition) is 8. The van der Waals surface area contributed by atoms with Crippen LogP contribution in [0.1, 0.15) is 0 Å². The number of hydrogen-bond donors (Lipinski definition) is 2. The van der Waals surface area contributed by atoms with Gasteiger partial charge >= 0.3 is 103 Å². The van der Waals surface area contributed by atoms with E-state index < -0.39 is 62.4 Å². The Morgan fingerprint density at radius 3 is 1.18 bits per heavy atom. The van der Waals surface area contributed by atoms with Gasteiger partial charge in [-0.3, -0.25) is 29.3 Å². The van der Waals surface area contributed by atoms with E-state index in [9.17, 15) is 37.1 Å². The molecule has 0 saturated heterocycles. The first kappa shape index (κ1) is 28.3. The standard InChI is InChI=1S/C12H8N2O10S2.2K.2H/c15-13(16)11-5-7(25(19,20)21)1-3-9(11)10-4-2-8(26(22,23)24)6-12(10)14(17)18;;;;/h1-6H,(H,19,20,21)(H,22,23,24);;;;. The molecule has 0 aliphatic rings. The van der Waals surface area contributed by atoms with Crippen molar-refractivity contribution in [3.63, 3.8) is 0 Å². The Hall–Kier alpha value is 0.333. The Morgan fingerprint density at radius 2 is 0.964 bits per heavy atom. The molecule has 0 saturated carbocycles. The molecule has 2 rings (SSSR count). The molecule has 0 aromatic heterocycles. The minimum atomic E-state index is -4.76. The Bertz CT molecular complexity index is 1060. The molecule has 0 radical (unpaired) electrons. The van der Waals surface area contributed by atoms with Crippen LogP contribution in [0.5, 0.6) is 0 Å². The third-order valence-corrected chi connectivity index (χ3v) is 4.92. The molecule has 0 aliphatic heterocycles. The zero-order valence-electron chi connectivity index (χ0n) is 12.3. The van der Waals surface area contributed by atoms with E-state index in [2.05, 4.69) is 0 Å². The van der Waals surface area contributed by atoms with Crippen molar-refractivity contribution in [2.24, 2.45) is 0 Å². The number of nitrogens with zero attached hydrogens (tertiary/aromatic N) is 2. The van der Waals surface area contributed by atoms with Crippen molar-refractivity contribution in [2.75, 3.05) is 0 Å².